The first kappa shape index (κ1) is 20.4. The number of aromatic amines is 1. The summed E-state index contributed by atoms with van der Waals surface area (Å²) < 4.78 is 48.7. The first-order valence-corrected chi connectivity index (χ1v) is 9.53. The fourth-order valence-corrected chi connectivity index (χ4v) is 3.60. The molecule has 3 aromatic carbocycles. The molecule has 33 heavy (non-hydrogen) atoms. The minimum atomic E-state index is -4.42. The molecule has 5 aromatic rings. The number of alkyl halides is 3. The lowest BCUT2D eigenvalue weighted by molar-refractivity contribution is -0.137. The molecule has 0 fully saturated rings. The number of aromatic hydroxyl groups is 1. The maximum absolute atomic E-state index is 12.8. The Morgan fingerprint density at radius 2 is 1.73 bits per heavy atom. The van der Waals surface area contributed by atoms with Crippen molar-refractivity contribution in [1.82, 2.24) is 9.97 Å². The third-order valence-corrected chi connectivity index (χ3v) is 5.06. The number of carbonyl (C=O) groups is 1. The van der Waals surface area contributed by atoms with Crippen LogP contribution in [0.2, 0.25) is 0 Å². The minimum absolute atomic E-state index is 0.0326. The fourth-order valence-electron chi connectivity index (χ4n) is 3.60. The van der Waals surface area contributed by atoms with Crippen LogP contribution in [0.1, 0.15) is 5.56 Å². The van der Waals surface area contributed by atoms with Gasteiger partial charge in [-0.25, -0.2) is 9.78 Å². The number of hydrogen-bond acceptors (Lipinski definition) is 5. The summed E-state index contributed by atoms with van der Waals surface area (Å²) in [6.07, 6.45) is -5.92. The number of nitrogens with one attached hydrogen (secondary N) is 1. The Hall–Kier alpha value is -4.47. The van der Waals surface area contributed by atoms with Crippen molar-refractivity contribution in [3.8, 4) is 34.4 Å². The molecule has 5 rings (SSSR count). The summed E-state index contributed by atoms with van der Waals surface area (Å²) >= 11 is 0. The Kier molecular flexibility index (Phi) is 4.52. The molecule has 0 spiro atoms. The van der Waals surface area contributed by atoms with Gasteiger partial charge in [0.25, 0.3) is 0 Å². The molecule has 7 nitrogen and oxygen atoms in total. The van der Waals surface area contributed by atoms with Gasteiger partial charge < -0.3 is 24.4 Å². The molecule has 2 aromatic heterocycles. The van der Waals surface area contributed by atoms with Crippen LogP contribution in [0.5, 0.6) is 11.5 Å². The summed E-state index contributed by atoms with van der Waals surface area (Å²) in [5.74, 6) is 0.815. The van der Waals surface area contributed by atoms with E-state index >= 15 is 0 Å². The van der Waals surface area contributed by atoms with Gasteiger partial charge in [0.15, 0.2) is 11.6 Å². The molecule has 10 heteroatoms. The zero-order valence-electron chi connectivity index (χ0n) is 16.5. The number of furan rings is 1. The number of phenols is 1. The summed E-state index contributed by atoms with van der Waals surface area (Å²) in [6.45, 7) is 0. The van der Waals surface area contributed by atoms with E-state index in [1.807, 2.05) is 0 Å². The van der Waals surface area contributed by atoms with E-state index in [1.54, 1.807) is 24.3 Å². The number of benzene rings is 3. The highest BCUT2D eigenvalue weighted by Crippen LogP contribution is 2.37. The monoisotopic (exact) mass is 454 g/mol. The number of fused-ring (bicyclic) bond motifs is 3. The summed E-state index contributed by atoms with van der Waals surface area (Å²) in [4.78, 5) is 18.4. The second-order valence-corrected chi connectivity index (χ2v) is 7.19. The van der Waals surface area contributed by atoms with Gasteiger partial charge in [-0.05, 0) is 41.8 Å². The molecule has 0 atom stereocenters. The predicted octanol–water partition coefficient (Wildman–Crippen LogP) is 6.42. The van der Waals surface area contributed by atoms with Gasteiger partial charge in [-0.1, -0.05) is 18.2 Å². The van der Waals surface area contributed by atoms with Gasteiger partial charge in [0.1, 0.15) is 22.8 Å². The zero-order valence-corrected chi connectivity index (χ0v) is 16.5. The molecule has 0 aliphatic carbocycles. The summed E-state index contributed by atoms with van der Waals surface area (Å²) in [5.41, 5.74) is 0.736. The van der Waals surface area contributed by atoms with Gasteiger partial charge in [-0.3, -0.25) is 0 Å². The Bertz CT molecular complexity index is 1520. The SMILES string of the molecule is O=C(O)Oc1cc(O)c2c(ccc3[nH]c(-c4ccc(-c5ccc(C(F)(F)F)cc5)o4)nc32)c1. The average Bonchev–Trinajstić information content (AvgIpc) is 3.39. The lowest BCUT2D eigenvalue weighted by Gasteiger charge is -2.06. The normalized spacial score (nSPS) is 11.8. The molecule has 0 amide bonds. The number of nitrogens with zero attached hydrogens (tertiary/aromatic N) is 1. The quantitative estimate of drug-likeness (QED) is 0.214. The number of imidazole rings is 1. The van der Waals surface area contributed by atoms with Crippen LogP contribution in [0.3, 0.4) is 0 Å². The molecule has 0 aliphatic rings. The van der Waals surface area contributed by atoms with Crippen LogP contribution in [-0.4, -0.2) is 26.3 Å². The van der Waals surface area contributed by atoms with Crippen molar-refractivity contribution >= 4 is 28.0 Å². The lowest BCUT2D eigenvalue weighted by Crippen LogP contribution is -2.03. The summed E-state index contributed by atoms with van der Waals surface area (Å²) in [7, 11) is 0. The number of ether oxygens (including phenoxy) is 1. The third kappa shape index (κ3) is 3.71. The molecule has 0 aliphatic heterocycles. The van der Waals surface area contributed by atoms with Crippen LogP contribution in [0.25, 0.3) is 44.7 Å². The topological polar surface area (TPSA) is 109 Å². The molecular weight excluding hydrogens is 441 g/mol. The fraction of sp³-hybridized carbons (Fsp3) is 0.0435. The van der Waals surface area contributed by atoms with Crippen LogP contribution < -0.4 is 4.74 Å². The second-order valence-electron chi connectivity index (χ2n) is 7.19. The smallest absolute Gasteiger partial charge is 0.507 e. The number of aromatic nitrogens is 2. The van der Waals surface area contributed by atoms with Gasteiger partial charge in [0.2, 0.25) is 0 Å². The molecule has 0 saturated carbocycles. The average molecular weight is 454 g/mol. The van der Waals surface area contributed by atoms with Crippen molar-refractivity contribution in [3.05, 3.63) is 66.2 Å². The van der Waals surface area contributed by atoms with E-state index in [0.29, 0.717) is 44.7 Å². The lowest BCUT2D eigenvalue weighted by atomic mass is 10.1. The molecule has 0 bridgehead atoms. The van der Waals surface area contributed by atoms with E-state index in [-0.39, 0.29) is 11.5 Å². The Morgan fingerprint density at radius 3 is 2.42 bits per heavy atom. The van der Waals surface area contributed by atoms with E-state index in [9.17, 15) is 23.1 Å². The second kappa shape index (κ2) is 7.30. The van der Waals surface area contributed by atoms with Crippen molar-refractivity contribution in [2.24, 2.45) is 0 Å². The highest BCUT2D eigenvalue weighted by molar-refractivity contribution is 6.08. The van der Waals surface area contributed by atoms with E-state index < -0.39 is 17.9 Å². The van der Waals surface area contributed by atoms with Crippen LogP contribution in [-0.2, 0) is 6.18 Å². The maximum Gasteiger partial charge on any atom is 0.511 e. The Labute approximate surface area is 182 Å². The molecule has 0 unspecified atom stereocenters. The van der Waals surface area contributed by atoms with Crippen molar-refractivity contribution in [2.45, 2.75) is 6.18 Å². The van der Waals surface area contributed by atoms with Gasteiger partial charge in [0.05, 0.1) is 16.5 Å². The van der Waals surface area contributed by atoms with Crippen LogP contribution >= 0.6 is 0 Å². The molecular formula is C23H13F3N2O5. The van der Waals surface area contributed by atoms with E-state index in [4.69, 9.17) is 9.52 Å². The molecule has 2 heterocycles. The van der Waals surface area contributed by atoms with Gasteiger partial charge in [0, 0.05) is 11.6 Å². The van der Waals surface area contributed by atoms with Crippen LogP contribution in [0.4, 0.5) is 18.0 Å². The number of carboxylic acid groups (broad SMARTS) is 1. The van der Waals surface area contributed by atoms with Gasteiger partial charge in [-0.15, -0.1) is 0 Å². The largest absolute Gasteiger partial charge is 0.511 e. The number of rotatable bonds is 3. The van der Waals surface area contributed by atoms with Crippen molar-refractivity contribution in [3.63, 3.8) is 0 Å². The van der Waals surface area contributed by atoms with Gasteiger partial charge in [-0.2, -0.15) is 13.2 Å². The summed E-state index contributed by atoms with van der Waals surface area (Å²) in [6, 6.07) is 13.9. The van der Waals surface area contributed by atoms with Gasteiger partial charge >= 0.3 is 12.3 Å². The highest BCUT2D eigenvalue weighted by Gasteiger charge is 2.30. The number of halogens is 3. The van der Waals surface area contributed by atoms with E-state index in [1.165, 1.54) is 24.3 Å². The number of H-pyrrole nitrogens is 1. The Balaban J connectivity index is 1.53. The third-order valence-electron chi connectivity index (χ3n) is 5.06. The molecule has 0 radical (unpaired) electrons. The highest BCUT2D eigenvalue weighted by atomic mass is 19.4. The van der Waals surface area contributed by atoms with Crippen molar-refractivity contribution in [2.75, 3.05) is 0 Å². The molecule has 3 N–H and O–H groups in total. The van der Waals surface area contributed by atoms with E-state index in [0.717, 1.165) is 12.1 Å². The predicted molar refractivity (Wildman–Crippen MR) is 112 cm³/mol. The summed E-state index contributed by atoms with van der Waals surface area (Å²) in [5, 5.41) is 20.1. The molecule has 166 valence electrons. The first-order chi connectivity index (χ1) is 15.7. The standard InChI is InChI=1S/C23H13F3N2O5/c24-23(25,26)13-4-1-11(2-5-13)17-7-8-18(33-17)21-27-15-6-3-12-9-14(32-22(30)31)10-16(29)19(12)20(15)28-21/h1-10,29H,(H,27,28)(H,30,31). The first-order valence-electron chi connectivity index (χ1n) is 9.53. The Morgan fingerprint density at radius 1 is 1.00 bits per heavy atom. The number of phenolic OH excluding ortho intramolecular Hbond substituents is 1. The van der Waals surface area contributed by atoms with E-state index in [2.05, 4.69) is 14.7 Å². The van der Waals surface area contributed by atoms with Crippen LogP contribution in [0.15, 0.2) is 65.1 Å². The van der Waals surface area contributed by atoms with Crippen molar-refractivity contribution in [1.29, 1.82) is 0 Å². The maximum atomic E-state index is 12.8. The van der Waals surface area contributed by atoms with Crippen LogP contribution in [0, 0.1) is 0 Å². The minimum Gasteiger partial charge on any atom is -0.507 e. The zero-order chi connectivity index (χ0) is 23.3. The van der Waals surface area contributed by atoms with Crippen molar-refractivity contribution < 1.29 is 37.3 Å². The molecule has 0 saturated heterocycles. The number of hydrogen-bond donors (Lipinski definition) is 3.